The molecule has 1 fully saturated rings. The summed E-state index contributed by atoms with van der Waals surface area (Å²) in [6, 6.07) is 1.72. The second-order valence-corrected chi connectivity index (χ2v) is 5.15. The number of amides is 1. The quantitative estimate of drug-likeness (QED) is 0.857. The van der Waals surface area contributed by atoms with Gasteiger partial charge in [-0.05, 0) is 52.4 Å². The monoisotopic (exact) mass is 302 g/mol. The molecule has 7 heteroatoms. The van der Waals surface area contributed by atoms with Crippen LogP contribution in [0.5, 0.6) is 0 Å². The second kappa shape index (κ2) is 8.24. The number of piperidine rings is 1. The topological polar surface area (TPSA) is 70.4 Å². The van der Waals surface area contributed by atoms with E-state index in [0.717, 1.165) is 38.4 Å². The summed E-state index contributed by atoms with van der Waals surface area (Å²) in [5.74, 6) is 1.90. The van der Waals surface area contributed by atoms with E-state index in [-0.39, 0.29) is 18.3 Å². The molecule has 1 saturated heterocycles. The minimum absolute atomic E-state index is 0. The molecule has 2 N–H and O–H groups in total. The Balaban J connectivity index is 0.00000200. The zero-order valence-electron chi connectivity index (χ0n) is 12.0. The van der Waals surface area contributed by atoms with Crippen LogP contribution >= 0.6 is 12.4 Å². The Morgan fingerprint density at radius 3 is 2.75 bits per heavy atom. The maximum absolute atomic E-state index is 11.9. The first kappa shape index (κ1) is 16.9. The average Bonchev–Trinajstić information content (AvgIpc) is 2.77. The molecule has 0 aliphatic carbocycles. The van der Waals surface area contributed by atoms with E-state index in [4.69, 9.17) is 4.52 Å². The summed E-state index contributed by atoms with van der Waals surface area (Å²) in [5, 5.41) is 9.71. The van der Waals surface area contributed by atoms with Gasteiger partial charge in [-0.15, -0.1) is 12.4 Å². The fraction of sp³-hybridized carbons (Fsp3) is 0.692. The molecule has 0 saturated carbocycles. The third-order valence-corrected chi connectivity index (χ3v) is 3.46. The lowest BCUT2D eigenvalue weighted by Gasteiger charge is -2.31. The average molecular weight is 303 g/mol. The van der Waals surface area contributed by atoms with Gasteiger partial charge in [0, 0.05) is 6.07 Å². The molecule has 0 unspecified atom stereocenters. The van der Waals surface area contributed by atoms with Gasteiger partial charge in [-0.2, -0.15) is 0 Å². The smallest absolute Gasteiger partial charge is 0.239 e. The Kier molecular flexibility index (Phi) is 6.98. The fourth-order valence-corrected chi connectivity index (χ4v) is 2.45. The van der Waals surface area contributed by atoms with Crippen LogP contribution in [-0.4, -0.2) is 49.2 Å². The molecular formula is C13H23ClN4O2. The normalized spacial score (nSPS) is 16.7. The molecule has 0 bridgehead atoms. The van der Waals surface area contributed by atoms with Gasteiger partial charge in [0.2, 0.25) is 5.91 Å². The number of aromatic nitrogens is 1. The van der Waals surface area contributed by atoms with E-state index in [1.54, 1.807) is 13.0 Å². The van der Waals surface area contributed by atoms with Gasteiger partial charge < -0.3 is 15.2 Å². The number of hydrogen-bond donors (Lipinski definition) is 2. The molecule has 0 radical (unpaired) electrons. The molecule has 114 valence electrons. The molecule has 1 aliphatic heterocycles. The molecule has 6 nitrogen and oxygen atoms in total. The number of anilines is 1. The first-order chi connectivity index (χ1) is 9.17. The van der Waals surface area contributed by atoms with Crippen LogP contribution < -0.4 is 10.6 Å². The van der Waals surface area contributed by atoms with Gasteiger partial charge in [0.1, 0.15) is 5.76 Å². The maximum Gasteiger partial charge on any atom is 0.239 e. The summed E-state index contributed by atoms with van der Waals surface area (Å²) in [6.07, 6.45) is 2.30. The van der Waals surface area contributed by atoms with Crippen LogP contribution in [0.15, 0.2) is 10.6 Å². The van der Waals surface area contributed by atoms with E-state index >= 15 is 0 Å². The van der Waals surface area contributed by atoms with Crippen LogP contribution in [0, 0.1) is 12.8 Å². The van der Waals surface area contributed by atoms with Crippen LogP contribution in [0.4, 0.5) is 5.82 Å². The highest BCUT2D eigenvalue weighted by atomic mass is 35.5. The molecule has 2 rings (SSSR count). The van der Waals surface area contributed by atoms with Crippen molar-refractivity contribution in [3.05, 3.63) is 11.8 Å². The number of nitrogens with zero attached hydrogens (tertiary/aromatic N) is 2. The Labute approximate surface area is 125 Å². The lowest BCUT2D eigenvalue weighted by Crippen LogP contribution is -2.40. The summed E-state index contributed by atoms with van der Waals surface area (Å²) in [6.45, 7) is 5.26. The summed E-state index contributed by atoms with van der Waals surface area (Å²) in [5.41, 5.74) is 0. The number of carbonyl (C=O) groups is 1. The molecule has 1 aromatic heterocycles. The SMILES string of the molecule is CNCC1CCN(CC(=O)Nc2cc(C)on2)CC1.Cl. The predicted octanol–water partition coefficient (Wildman–Crippen LogP) is 1.27. The predicted molar refractivity (Wildman–Crippen MR) is 80.2 cm³/mol. The van der Waals surface area contributed by atoms with E-state index in [9.17, 15) is 4.79 Å². The summed E-state index contributed by atoms with van der Waals surface area (Å²) < 4.78 is 4.91. The zero-order chi connectivity index (χ0) is 13.7. The highest BCUT2D eigenvalue weighted by Gasteiger charge is 2.20. The van der Waals surface area contributed by atoms with E-state index in [2.05, 4.69) is 20.7 Å². The van der Waals surface area contributed by atoms with E-state index in [0.29, 0.717) is 18.1 Å². The molecule has 20 heavy (non-hydrogen) atoms. The lowest BCUT2D eigenvalue weighted by atomic mass is 9.97. The number of aryl methyl sites for hydroxylation is 1. The molecule has 1 aromatic rings. The highest BCUT2D eigenvalue weighted by molar-refractivity contribution is 5.91. The van der Waals surface area contributed by atoms with Gasteiger partial charge in [0.05, 0.1) is 6.54 Å². The number of likely N-dealkylation sites (tertiary alicyclic amines) is 1. The van der Waals surface area contributed by atoms with E-state index in [1.807, 2.05) is 7.05 Å². The maximum atomic E-state index is 11.9. The largest absolute Gasteiger partial charge is 0.360 e. The first-order valence-corrected chi connectivity index (χ1v) is 6.77. The van der Waals surface area contributed by atoms with Crippen molar-refractivity contribution in [1.82, 2.24) is 15.4 Å². The van der Waals surface area contributed by atoms with Gasteiger partial charge >= 0.3 is 0 Å². The van der Waals surface area contributed by atoms with Crippen LogP contribution in [-0.2, 0) is 4.79 Å². The first-order valence-electron chi connectivity index (χ1n) is 6.77. The van der Waals surface area contributed by atoms with Crippen molar-refractivity contribution in [2.24, 2.45) is 5.92 Å². The molecule has 1 aliphatic rings. The fourth-order valence-electron chi connectivity index (χ4n) is 2.45. The number of hydrogen-bond acceptors (Lipinski definition) is 5. The van der Waals surface area contributed by atoms with Crippen molar-refractivity contribution >= 4 is 24.1 Å². The van der Waals surface area contributed by atoms with Gasteiger partial charge in [-0.1, -0.05) is 5.16 Å². The van der Waals surface area contributed by atoms with Crippen molar-refractivity contribution in [2.75, 3.05) is 38.5 Å². The van der Waals surface area contributed by atoms with Crippen LogP contribution in [0.3, 0.4) is 0 Å². The Bertz CT molecular complexity index is 416. The van der Waals surface area contributed by atoms with Crippen molar-refractivity contribution < 1.29 is 9.32 Å². The second-order valence-electron chi connectivity index (χ2n) is 5.15. The van der Waals surface area contributed by atoms with Crippen molar-refractivity contribution in [3.8, 4) is 0 Å². The Morgan fingerprint density at radius 2 is 2.20 bits per heavy atom. The van der Waals surface area contributed by atoms with Crippen molar-refractivity contribution in [2.45, 2.75) is 19.8 Å². The van der Waals surface area contributed by atoms with Crippen molar-refractivity contribution in [1.29, 1.82) is 0 Å². The van der Waals surface area contributed by atoms with Gasteiger partial charge in [-0.25, -0.2) is 0 Å². The Hall–Kier alpha value is -1.11. The van der Waals surface area contributed by atoms with Gasteiger partial charge in [-0.3, -0.25) is 9.69 Å². The molecule has 0 aromatic carbocycles. The standard InChI is InChI=1S/C13H22N4O2.ClH/c1-10-7-12(16-19-10)15-13(18)9-17-5-3-11(4-6-17)8-14-2;/h7,11,14H,3-6,8-9H2,1-2H3,(H,15,16,18);1H. The number of halogens is 1. The lowest BCUT2D eigenvalue weighted by molar-refractivity contribution is -0.117. The van der Waals surface area contributed by atoms with Crippen LogP contribution in [0.25, 0.3) is 0 Å². The number of rotatable bonds is 5. The minimum atomic E-state index is -0.0274. The zero-order valence-corrected chi connectivity index (χ0v) is 12.8. The van der Waals surface area contributed by atoms with E-state index in [1.165, 1.54) is 0 Å². The molecule has 1 amide bonds. The Morgan fingerprint density at radius 1 is 1.50 bits per heavy atom. The minimum Gasteiger partial charge on any atom is -0.360 e. The molecular weight excluding hydrogens is 280 g/mol. The molecule has 0 atom stereocenters. The number of nitrogens with one attached hydrogen (secondary N) is 2. The summed E-state index contributed by atoms with van der Waals surface area (Å²) >= 11 is 0. The summed E-state index contributed by atoms with van der Waals surface area (Å²) in [7, 11) is 1.99. The third kappa shape index (κ3) is 5.11. The third-order valence-electron chi connectivity index (χ3n) is 3.46. The van der Waals surface area contributed by atoms with E-state index < -0.39 is 0 Å². The summed E-state index contributed by atoms with van der Waals surface area (Å²) in [4.78, 5) is 14.0. The molecule has 2 heterocycles. The van der Waals surface area contributed by atoms with Crippen LogP contribution in [0.1, 0.15) is 18.6 Å². The molecule has 0 spiro atoms. The van der Waals surface area contributed by atoms with Crippen LogP contribution in [0.2, 0.25) is 0 Å². The van der Waals surface area contributed by atoms with Gasteiger partial charge in [0.15, 0.2) is 5.82 Å². The highest BCUT2D eigenvalue weighted by Crippen LogP contribution is 2.16. The van der Waals surface area contributed by atoms with Gasteiger partial charge in [0.25, 0.3) is 0 Å². The number of carbonyl (C=O) groups excluding carboxylic acids is 1. The van der Waals surface area contributed by atoms with Crippen molar-refractivity contribution in [3.63, 3.8) is 0 Å².